The van der Waals surface area contributed by atoms with Crippen LogP contribution < -0.4 is 15.5 Å². The van der Waals surface area contributed by atoms with Crippen LogP contribution >= 0.6 is 11.3 Å². The third kappa shape index (κ3) is 5.52. The predicted molar refractivity (Wildman–Crippen MR) is 102 cm³/mol. The maximum Gasteiger partial charge on any atom is 0.187 e. The van der Waals surface area contributed by atoms with E-state index in [0.717, 1.165) is 49.1 Å². The first-order valence-corrected chi connectivity index (χ1v) is 9.41. The fourth-order valence-electron chi connectivity index (χ4n) is 2.47. The van der Waals surface area contributed by atoms with Crippen molar-refractivity contribution in [2.75, 3.05) is 36.4 Å². The Balaban J connectivity index is 1.88. The molecule has 1 aromatic heterocycles. The summed E-state index contributed by atoms with van der Waals surface area (Å²) in [6, 6.07) is 8.58. The van der Waals surface area contributed by atoms with Gasteiger partial charge in [-0.15, -0.1) is 11.3 Å². The Bertz CT molecular complexity index is 561. The van der Waals surface area contributed by atoms with Crippen LogP contribution in [0.1, 0.15) is 32.9 Å². The lowest BCUT2D eigenvalue weighted by atomic mass is 10.2. The number of anilines is 3. The maximum absolute atomic E-state index is 4.65. The van der Waals surface area contributed by atoms with Crippen LogP contribution in [0.4, 0.5) is 16.5 Å². The van der Waals surface area contributed by atoms with Crippen molar-refractivity contribution in [1.82, 2.24) is 10.3 Å². The van der Waals surface area contributed by atoms with Gasteiger partial charge in [0.25, 0.3) is 0 Å². The number of aromatic nitrogens is 1. The fourth-order valence-corrected chi connectivity index (χ4v) is 3.23. The molecule has 23 heavy (non-hydrogen) atoms. The van der Waals surface area contributed by atoms with Crippen LogP contribution in [0.5, 0.6) is 0 Å². The molecule has 0 spiro atoms. The fraction of sp³-hybridized carbons (Fsp3) is 0.500. The molecule has 2 rings (SSSR count). The average molecular weight is 333 g/mol. The van der Waals surface area contributed by atoms with Gasteiger partial charge >= 0.3 is 0 Å². The van der Waals surface area contributed by atoms with Gasteiger partial charge in [-0.05, 0) is 51.1 Å². The van der Waals surface area contributed by atoms with Gasteiger partial charge in [-0.25, -0.2) is 4.98 Å². The van der Waals surface area contributed by atoms with E-state index in [9.17, 15) is 0 Å². The molecule has 0 unspecified atom stereocenters. The summed E-state index contributed by atoms with van der Waals surface area (Å²) in [5, 5.41) is 9.91. The quantitative estimate of drug-likeness (QED) is 0.637. The molecule has 126 valence electrons. The highest BCUT2D eigenvalue weighted by atomic mass is 32.1. The average Bonchev–Trinajstić information content (AvgIpc) is 3.02. The van der Waals surface area contributed by atoms with Crippen LogP contribution in [0.3, 0.4) is 0 Å². The lowest BCUT2D eigenvalue weighted by Gasteiger charge is -2.21. The molecule has 5 heteroatoms. The zero-order valence-electron chi connectivity index (χ0n) is 14.4. The molecule has 0 aliphatic carbocycles. The summed E-state index contributed by atoms with van der Waals surface area (Å²) in [6.45, 7) is 10.7. The van der Waals surface area contributed by atoms with Gasteiger partial charge in [-0.3, -0.25) is 0 Å². The Hall–Kier alpha value is -1.59. The smallest absolute Gasteiger partial charge is 0.187 e. The van der Waals surface area contributed by atoms with E-state index in [1.165, 1.54) is 12.1 Å². The summed E-state index contributed by atoms with van der Waals surface area (Å²) in [6.07, 6.45) is 2.16. The van der Waals surface area contributed by atoms with Crippen molar-refractivity contribution < 1.29 is 0 Å². The molecule has 1 aromatic carbocycles. The lowest BCUT2D eigenvalue weighted by Crippen LogP contribution is -2.21. The van der Waals surface area contributed by atoms with Gasteiger partial charge in [0, 0.05) is 42.8 Å². The normalized spacial score (nSPS) is 10.7. The second-order valence-corrected chi connectivity index (χ2v) is 6.35. The number of nitrogens with zero attached hydrogens (tertiary/aromatic N) is 2. The van der Waals surface area contributed by atoms with Gasteiger partial charge in [-0.2, -0.15) is 0 Å². The number of thiazole rings is 1. The predicted octanol–water partition coefficient (Wildman–Crippen LogP) is 4.28. The minimum atomic E-state index is 0.964. The molecule has 0 aliphatic rings. The van der Waals surface area contributed by atoms with Gasteiger partial charge in [0.05, 0.1) is 5.69 Å². The summed E-state index contributed by atoms with van der Waals surface area (Å²) in [7, 11) is 0. The molecule has 2 N–H and O–H groups in total. The standard InChI is InChI=1S/C18H28N4S/c1-4-12-19-13-11-16-14-23-18(21-16)20-15-7-9-17(10-8-15)22(5-2)6-3/h7-10,14,19H,4-6,11-13H2,1-3H3,(H,20,21). The molecule has 0 amide bonds. The Morgan fingerprint density at radius 2 is 1.78 bits per heavy atom. The summed E-state index contributed by atoms with van der Waals surface area (Å²) in [5.74, 6) is 0. The molecule has 0 bridgehead atoms. The molecule has 0 atom stereocenters. The first-order valence-electron chi connectivity index (χ1n) is 8.54. The number of hydrogen-bond donors (Lipinski definition) is 2. The van der Waals surface area contributed by atoms with Crippen molar-refractivity contribution in [1.29, 1.82) is 0 Å². The Kier molecular flexibility index (Phi) is 7.36. The van der Waals surface area contributed by atoms with Crippen molar-refractivity contribution >= 4 is 27.8 Å². The lowest BCUT2D eigenvalue weighted by molar-refractivity contribution is 0.667. The van der Waals surface area contributed by atoms with Crippen molar-refractivity contribution in [2.45, 2.75) is 33.6 Å². The second kappa shape index (κ2) is 9.53. The zero-order valence-corrected chi connectivity index (χ0v) is 15.2. The van der Waals surface area contributed by atoms with Crippen LogP contribution in [0.15, 0.2) is 29.6 Å². The summed E-state index contributed by atoms with van der Waals surface area (Å²) < 4.78 is 0. The van der Waals surface area contributed by atoms with E-state index in [0.29, 0.717) is 0 Å². The second-order valence-electron chi connectivity index (χ2n) is 5.49. The molecule has 0 radical (unpaired) electrons. The largest absolute Gasteiger partial charge is 0.372 e. The monoisotopic (exact) mass is 332 g/mol. The molecular formula is C18H28N4S. The number of nitrogens with one attached hydrogen (secondary N) is 2. The van der Waals surface area contributed by atoms with E-state index in [1.807, 2.05) is 0 Å². The van der Waals surface area contributed by atoms with Gasteiger partial charge in [0.2, 0.25) is 0 Å². The van der Waals surface area contributed by atoms with Gasteiger partial charge < -0.3 is 15.5 Å². The summed E-state index contributed by atoms with van der Waals surface area (Å²) >= 11 is 1.67. The van der Waals surface area contributed by atoms with E-state index < -0.39 is 0 Å². The third-order valence-corrected chi connectivity index (χ3v) is 4.59. The molecule has 0 aliphatic heterocycles. The highest BCUT2D eigenvalue weighted by Crippen LogP contribution is 2.23. The molecule has 4 nitrogen and oxygen atoms in total. The molecule has 1 heterocycles. The number of rotatable bonds is 10. The van der Waals surface area contributed by atoms with Gasteiger partial charge in [0.1, 0.15) is 0 Å². The highest BCUT2D eigenvalue weighted by molar-refractivity contribution is 7.13. The number of hydrogen-bond acceptors (Lipinski definition) is 5. The highest BCUT2D eigenvalue weighted by Gasteiger charge is 2.04. The van der Waals surface area contributed by atoms with Crippen molar-refractivity contribution in [2.24, 2.45) is 0 Å². The van der Waals surface area contributed by atoms with Crippen molar-refractivity contribution in [3.05, 3.63) is 35.3 Å². The van der Waals surface area contributed by atoms with Crippen LogP contribution in [0, 0.1) is 0 Å². The molecule has 2 aromatic rings. The van der Waals surface area contributed by atoms with E-state index in [4.69, 9.17) is 0 Å². The molecule has 0 saturated carbocycles. The van der Waals surface area contributed by atoms with Crippen molar-refractivity contribution in [3.63, 3.8) is 0 Å². The van der Waals surface area contributed by atoms with Crippen LogP contribution in [-0.4, -0.2) is 31.2 Å². The zero-order chi connectivity index (χ0) is 16.5. The summed E-state index contributed by atoms with van der Waals surface area (Å²) in [5.41, 5.74) is 3.51. The number of benzene rings is 1. The van der Waals surface area contributed by atoms with Crippen LogP contribution in [0.2, 0.25) is 0 Å². The summed E-state index contributed by atoms with van der Waals surface area (Å²) in [4.78, 5) is 6.99. The van der Waals surface area contributed by atoms with E-state index in [2.05, 4.69) is 70.9 Å². The van der Waals surface area contributed by atoms with Crippen LogP contribution in [0.25, 0.3) is 0 Å². The third-order valence-electron chi connectivity index (χ3n) is 3.78. The van der Waals surface area contributed by atoms with E-state index in [1.54, 1.807) is 11.3 Å². The van der Waals surface area contributed by atoms with Crippen molar-refractivity contribution in [3.8, 4) is 0 Å². The molecular weight excluding hydrogens is 304 g/mol. The van der Waals surface area contributed by atoms with Gasteiger partial charge in [0.15, 0.2) is 5.13 Å². The van der Waals surface area contributed by atoms with Crippen LogP contribution in [-0.2, 0) is 6.42 Å². The first kappa shape index (κ1) is 17.8. The van der Waals surface area contributed by atoms with E-state index in [-0.39, 0.29) is 0 Å². The molecule has 0 fully saturated rings. The van der Waals surface area contributed by atoms with E-state index >= 15 is 0 Å². The molecule has 0 saturated heterocycles. The SMILES string of the molecule is CCCNCCc1csc(Nc2ccc(N(CC)CC)cc2)n1. The van der Waals surface area contributed by atoms with Gasteiger partial charge in [-0.1, -0.05) is 6.92 Å². The Morgan fingerprint density at radius 1 is 1.04 bits per heavy atom. The first-order chi connectivity index (χ1) is 11.3. The Labute approximate surface area is 143 Å². The maximum atomic E-state index is 4.65. The minimum absolute atomic E-state index is 0.964. The minimum Gasteiger partial charge on any atom is -0.372 e. The Morgan fingerprint density at radius 3 is 2.43 bits per heavy atom. The topological polar surface area (TPSA) is 40.2 Å².